The molecule has 0 spiro atoms. The van der Waals surface area contributed by atoms with E-state index in [4.69, 9.17) is 20.9 Å². The Bertz CT molecular complexity index is 1040. The number of amidine groups is 1. The molecule has 0 unspecified atom stereocenters. The number of hydrogen-bond donors (Lipinski definition) is 2. The number of imidazole rings is 1. The van der Waals surface area contributed by atoms with E-state index in [9.17, 15) is 4.79 Å². The second kappa shape index (κ2) is 11.2. The number of methoxy groups -OCH3 is 1. The van der Waals surface area contributed by atoms with Crippen molar-refractivity contribution in [2.24, 2.45) is 5.73 Å². The number of ether oxygens (including phenoxy) is 1. The van der Waals surface area contributed by atoms with E-state index in [1.165, 1.54) is 20.0 Å². The van der Waals surface area contributed by atoms with Gasteiger partial charge in [0.1, 0.15) is 11.7 Å². The summed E-state index contributed by atoms with van der Waals surface area (Å²) >= 11 is 0. The highest BCUT2D eigenvalue weighted by atomic mass is 16.5. The minimum Gasteiger partial charge on any atom is -0.469 e. The number of carbonyl (C=O) groups is 1. The van der Waals surface area contributed by atoms with Crippen LogP contribution in [0.15, 0.2) is 42.6 Å². The van der Waals surface area contributed by atoms with Crippen molar-refractivity contribution in [3.05, 3.63) is 59.7 Å². The average molecular weight is 435 g/mol. The van der Waals surface area contributed by atoms with Crippen molar-refractivity contribution in [3.63, 3.8) is 0 Å². The summed E-state index contributed by atoms with van der Waals surface area (Å²) in [5, 5.41) is 16.3. The number of rotatable bonds is 11. The van der Waals surface area contributed by atoms with Crippen LogP contribution in [0.1, 0.15) is 56.1 Å². The molecule has 0 aliphatic rings. The van der Waals surface area contributed by atoms with Gasteiger partial charge in [0.25, 0.3) is 0 Å². The average Bonchev–Trinajstić information content (AvgIpc) is 3.23. The van der Waals surface area contributed by atoms with E-state index in [-0.39, 0.29) is 11.8 Å². The van der Waals surface area contributed by atoms with Crippen LogP contribution in [0.5, 0.6) is 0 Å². The molecule has 0 atom stereocenters. The Hall–Kier alpha value is -3.55. The minimum absolute atomic E-state index is 0.0348. The van der Waals surface area contributed by atoms with Gasteiger partial charge in [0.05, 0.1) is 24.9 Å². The molecule has 0 bridgehead atoms. The Morgan fingerprint density at radius 3 is 2.47 bits per heavy atom. The maximum absolute atomic E-state index is 11.5. The number of unbranched alkanes of at least 4 members (excludes halogenated alkanes) is 3. The molecule has 0 saturated carbocycles. The number of aryl methyl sites for hydroxylation is 2. The highest BCUT2D eigenvalue weighted by Crippen LogP contribution is 2.20. The van der Waals surface area contributed by atoms with Crippen LogP contribution in [0.2, 0.25) is 0 Å². The molecule has 2 aromatic heterocycles. The minimum atomic E-state index is -0.246. The maximum atomic E-state index is 11.5. The second-order valence-electron chi connectivity index (χ2n) is 7.67. The highest BCUT2D eigenvalue weighted by molar-refractivity contribution is 5.95. The zero-order valence-electron chi connectivity index (χ0n) is 18.7. The van der Waals surface area contributed by atoms with Crippen LogP contribution >= 0.6 is 0 Å². The zero-order valence-corrected chi connectivity index (χ0v) is 18.7. The fourth-order valence-corrected chi connectivity index (χ4v) is 3.44. The molecule has 0 aliphatic carbocycles. The Morgan fingerprint density at radius 1 is 1.06 bits per heavy atom. The molecule has 8 heteroatoms. The van der Waals surface area contributed by atoms with E-state index < -0.39 is 0 Å². The first kappa shape index (κ1) is 23.1. The van der Waals surface area contributed by atoms with Crippen LogP contribution in [0, 0.1) is 5.41 Å². The summed E-state index contributed by atoms with van der Waals surface area (Å²) in [5.41, 5.74) is 8.67. The Morgan fingerprint density at radius 2 is 1.84 bits per heavy atom. The summed E-state index contributed by atoms with van der Waals surface area (Å²) in [4.78, 5) is 16.3. The number of nitrogen functional groups attached to an aromatic ring is 1. The van der Waals surface area contributed by atoms with Gasteiger partial charge in [0, 0.05) is 30.2 Å². The van der Waals surface area contributed by atoms with Crippen LogP contribution in [0.3, 0.4) is 0 Å². The van der Waals surface area contributed by atoms with Crippen LogP contribution in [0.4, 0.5) is 0 Å². The van der Waals surface area contributed by atoms with Gasteiger partial charge in [0.15, 0.2) is 5.82 Å². The van der Waals surface area contributed by atoms with E-state index in [1.54, 1.807) is 12.1 Å². The van der Waals surface area contributed by atoms with E-state index in [2.05, 4.69) is 17.1 Å². The summed E-state index contributed by atoms with van der Waals surface area (Å²) in [6, 6.07) is 11.2. The van der Waals surface area contributed by atoms with Gasteiger partial charge < -0.3 is 10.5 Å². The molecular formula is C24H30N6O2. The molecule has 3 rings (SSSR count). The normalized spacial score (nSPS) is 10.8. The lowest BCUT2D eigenvalue weighted by Gasteiger charge is -2.07. The number of aromatic nitrogens is 4. The molecule has 0 fully saturated rings. The van der Waals surface area contributed by atoms with Gasteiger partial charge in [-0.05, 0) is 18.6 Å². The molecule has 8 nitrogen and oxygen atoms in total. The number of hydrogen-bond acceptors (Lipinski definition) is 6. The number of benzene rings is 1. The summed E-state index contributed by atoms with van der Waals surface area (Å²) < 4.78 is 6.71. The molecule has 1 aromatic carbocycles. The van der Waals surface area contributed by atoms with Crippen molar-refractivity contribution < 1.29 is 9.53 Å². The third-order valence-electron chi connectivity index (χ3n) is 5.28. The summed E-state index contributed by atoms with van der Waals surface area (Å²) in [5.74, 6) is 1.40. The van der Waals surface area contributed by atoms with E-state index in [0.29, 0.717) is 24.2 Å². The van der Waals surface area contributed by atoms with Gasteiger partial charge in [-0.15, -0.1) is 10.2 Å². The van der Waals surface area contributed by atoms with Gasteiger partial charge >= 0.3 is 5.97 Å². The standard InChI is InChI=1S/C24H30N6O2/c1-3-4-5-6-7-21-27-19(12-15-23(31)32-2)16-30(21)22-14-13-20(28-29-22)17-8-10-18(11-9-17)24(25)26/h8-11,13-14,16H,3-7,12,15H2,1-2H3,(H3,25,26). The van der Waals surface area contributed by atoms with Crippen molar-refractivity contribution in [1.29, 1.82) is 5.41 Å². The lowest BCUT2D eigenvalue weighted by Crippen LogP contribution is -2.10. The van der Waals surface area contributed by atoms with Gasteiger partial charge in [-0.2, -0.15) is 0 Å². The topological polar surface area (TPSA) is 120 Å². The van der Waals surface area contributed by atoms with Gasteiger partial charge in [-0.3, -0.25) is 14.8 Å². The number of nitrogens with two attached hydrogens (primary N) is 1. The van der Waals surface area contributed by atoms with Crippen LogP contribution in [-0.2, 0) is 22.4 Å². The van der Waals surface area contributed by atoms with Crippen molar-refractivity contribution >= 4 is 11.8 Å². The molecule has 0 radical (unpaired) electrons. The molecule has 3 N–H and O–H groups in total. The molecule has 0 amide bonds. The third-order valence-corrected chi connectivity index (χ3v) is 5.28. The first-order chi connectivity index (χ1) is 15.5. The summed E-state index contributed by atoms with van der Waals surface area (Å²) in [6.07, 6.45) is 8.18. The summed E-state index contributed by atoms with van der Waals surface area (Å²) in [7, 11) is 1.39. The number of nitrogens with zero attached hydrogens (tertiary/aromatic N) is 4. The fraction of sp³-hybridized carbons (Fsp3) is 0.375. The second-order valence-corrected chi connectivity index (χ2v) is 7.67. The van der Waals surface area contributed by atoms with Crippen molar-refractivity contribution in [3.8, 4) is 17.1 Å². The fourth-order valence-electron chi connectivity index (χ4n) is 3.44. The predicted octanol–water partition coefficient (Wildman–Crippen LogP) is 3.84. The first-order valence-electron chi connectivity index (χ1n) is 10.9. The van der Waals surface area contributed by atoms with E-state index >= 15 is 0 Å². The van der Waals surface area contributed by atoms with Crippen molar-refractivity contribution in [1.82, 2.24) is 19.7 Å². The molecule has 2 heterocycles. The number of esters is 1. The maximum Gasteiger partial charge on any atom is 0.305 e. The highest BCUT2D eigenvalue weighted by Gasteiger charge is 2.13. The predicted molar refractivity (Wildman–Crippen MR) is 124 cm³/mol. The SMILES string of the molecule is CCCCCCc1nc(CCC(=O)OC)cn1-c1ccc(-c2ccc(C(=N)N)cc2)nn1. The molecular weight excluding hydrogens is 404 g/mol. The lowest BCUT2D eigenvalue weighted by molar-refractivity contribution is -0.140. The quantitative estimate of drug-likeness (QED) is 0.205. The monoisotopic (exact) mass is 434 g/mol. The third kappa shape index (κ3) is 6.00. The van der Waals surface area contributed by atoms with E-state index in [1.807, 2.05) is 35.0 Å². The zero-order chi connectivity index (χ0) is 22.9. The number of nitrogens with one attached hydrogen (secondary N) is 1. The smallest absolute Gasteiger partial charge is 0.305 e. The Kier molecular flexibility index (Phi) is 8.08. The Balaban J connectivity index is 1.81. The first-order valence-corrected chi connectivity index (χ1v) is 10.9. The van der Waals surface area contributed by atoms with E-state index in [0.717, 1.165) is 42.0 Å². The molecule has 0 aliphatic heterocycles. The molecule has 0 saturated heterocycles. The van der Waals surface area contributed by atoms with Crippen LogP contribution in [0.25, 0.3) is 17.1 Å². The molecule has 3 aromatic rings. The van der Waals surface area contributed by atoms with Crippen molar-refractivity contribution in [2.75, 3.05) is 7.11 Å². The largest absolute Gasteiger partial charge is 0.469 e. The lowest BCUT2D eigenvalue weighted by atomic mass is 10.1. The van der Waals surface area contributed by atoms with Crippen LogP contribution < -0.4 is 5.73 Å². The van der Waals surface area contributed by atoms with Crippen molar-refractivity contribution in [2.45, 2.75) is 51.9 Å². The number of carbonyl (C=O) groups excluding carboxylic acids is 1. The molecule has 32 heavy (non-hydrogen) atoms. The van der Waals surface area contributed by atoms with Gasteiger partial charge in [-0.1, -0.05) is 50.5 Å². The Labute approximate surface area is 188 Å². The van der Waals surface area contributed by atoms with Gasteiger partial charge in [-0.25, -0.2) is 4.98 Å². The van der Waals surface area contributed by atoms with Gasteiger partial charge in [0.2, 0.25) is 0 Å². The van der Waals surface area contributed by atoms with Crippen LogP contribution in [-0.4, -0.2) is 38.7 Å². The summed E-state index contributed by atoms with van der Waals surface area (Å²) in [6.45, 7) is 2.19. The molecule has 168 valence electrons.